The summed E-state index contributed by atoms with van der Waals surface area (Å²) in [6.45, 7) is 2.05. The molecular weight excluding hydrogens is 240 g/mol. The first kappa shape index (κ1) is 11.5. The van der Waals surface area contributed by atoms with E-state index in [0.29, 0.717) is 0 Å². The van der Waals surface area contributed by atoms with Crippen molar-refractivity contribution in [2.45, 2.75) is 6.92 Å². The fourth-order valence-corrected chi connectivity index (χ4v) is 2.13. The summed E-state index contributed by atoms with van der Waals surface area (Å²) >= 11 is 0. The summed E-state index contributed by atoms with van der Waals surface area (Å²) in [7, 11) is 0. The minimum absolute atomic E-state index is 0.191. The number of benzene rings is 1. The second-order valence-corrected chi connectivity index (χ2v) is 4.46. The largest absolute Gasteiger partial charge is 0.478 e. The summed E-state index contributed by atoms with van der Waals surface area (Å²) in [6.07, 6.45) is 1.37. The number of pyridine rings is 1. The molecule has 0 amide bonds. The van der Waals surface area contributed by atoms with Crippen LogP contribution in [0.25, 0.3) is 22.3 Å². The van der Waals surface area contributed by atoms with E-state index in [1.165, 1.54) is 11.8 Å². The first-order valence-corrected chi connectivity index (χ1v) is 5.93. The van der Waals surface area contributed by atoms with Crippen LogP contribution in [-0.4, -0.2) is 21.0 Å². The van der Waals surface area contributed by atoms with Gasteiger partial charge < -0.3 is 10.1 Å². The molecule has 0 spiro atoms. The van der Waals surface area contributed by atoms with Crippen LogP contribution in [0.2, 0.25) is 0 Å². The first-order valence-electron chi connectivity index (χ1n) is 5.93. The highest BCUT2D eigenvalue weighted by molar-refractivity contribution is 5.89. The van der Waals surface area contributed by atoms with Crippen LogP contribution in [0.1, 0.15) is 15.9 Å². The third kappa shape index (κ3) is 1.97. The van der Waals surface area contributed by atoms with E-state index in [-0.39, 0.29) is 5.56 Å². The van der Waals surface area contributed by atoms with Crippen LogP contribution in [0, 0.1) is 6.92 Å². The van der Waals surface area contributed by atoms with Crippen molar-refractivity contribution in [1.82, 2.24) is 9.97 Å². The number of H-pyrrole nitrogens is 1. The number of carbonyl (C=O) groups is 1. The molecule has 2 aromatic heterocycles. The Morgan fingerprint density at radius 3 is 2.74 bits per heavy atom. The van der Waals surface area contributed by atoms with Gasteiger partial charge in [-0.2, -0.15) is 0 Å². The predicted octanol–water partition coefficient (Wildman–Crippen LogP) is 3.24. The van der Waals surface area contributed by atoms with Crippen LogP contribution in [-0.2, 0) is 0 Å². The van der Waals surface area contributed by atoms with Gasteiger partial charge in [0.1, 0.15) is 0 Å². The Bertz CT molecular complexity index is 757. The van der Waals surface area contributed by atoms with E-state index in [9.17, 15) is 4.79 Å². The van der Waals surface area contributed by atoms with Crippen molar-refractivity contribution in [3.05, 3.63) is 53.7 Å². The number of rotatable bonds is 2. The fraction of sp³-hybridized carbons (Fsp3) is 0.0667. The lowest BCUT2D eigenvalue weighted by Gasteiger charge is -1.98. The van der Waals surface area contributed by atoms with E-state index in [4.69, 9.17) is 5.11 Å². The van der Waals surface area contributed by atoms with Crippen molar-refractivity contribution in [3.8, 4) is 11.4 Å². The molecular formula is C15H12N2O2. The Labute approximate surface area is 109 Å². The first-order chi connectivity index (χ1) is 9.15. The number of fused-ring (bicyclic) bond motifs is 1. The summed E-state index contributed by atoms with van der Waals surface area (Å²) in [5.41, 5.74) is 4.07. The molecule has 0 bridgehead atoms. The maximum absolute atomic E-state index is 10.8. The monoisotopic (exact) mass is 252 g/mol. The smallest absolute Gasteiger partial charge is 0.337 e. The quantitative estimate of drug-likeness (QED) is 0.735. The Morgan fingerprint density at radius 2 is 2.11 bits per heavy atom. The summed E-state index contributed by atoms with van der Waals surface area (Å²) in [4.78, 5) is 18.3. The molecule has 0 fully saturated rings. The van der Waals surface area contributed by atoms with E-state index in [2.05, 4.69) is 9.97 Å². The molecule has 0 aliphatic carbocycles. The molecule has 0 atom stereocenters. The summed E-state index contributed by atoms with van der Waals surface area (Å²) in [6, 6.07) is 11.4. The van der Waals surface area contributed by atoms with Crippen molar-refractivity contribution in [2.24, 2.45) is 0 Å². The number of para-hydroxylation sites is 1. The van der Waals surface area contributed by atoms with Gasteiger partial charge in [0.05, 0.1) is 17.0 Å². The molecule has 3 aromatic rings. The lowest BCUT2D eigenvalue weighted by molar-refractivity contribution is 0.0696. The number of carboxylic acid groups (broad SMARTS) is 1. The van der Waals surface area contributed by atoms with Crippen molar-refractivity contribution in [3.63, 3.8) is 0 Å². The average molecular weight is 252 g/mol. The molecule has 94 valence electrons. The number of aryl methyl sites for hydroxylation is 1. The Balaban J connectivity index is 2.09. The Hall–Kier alpha value is -2.62. The molecule has 0 radical (unpaired) electrons. The molecule has 4 heteroatoms. The van der Waals surface area contributed by atoms with E-state index < -0.39 is 5.97 Å². The molecule has 1 aromatic carbocycles. The number of aromatic amines is 1. The van der Waals surface area contributed by atoms with Gasteiger partial charge >= 0.3 is 5.97 Å². The van der Waals surface area contributed by atoms with Gasteiger partial charge in [-0.15, -0.1) is 0 Å². The number of carboxylic acids is 1. The lowest BCUT2D eigenvalue weighted by Crippen LogP contribution is -1.97. The summed E-state index contributed by atoms with van der Waals surface area (Å²) in [5.74, 6) is -0.966. The topological polar surface area (TPSA) is 66.0 Å². The number of aromatic nitrogens is 2. The SMILES string of the molecule is Cc1cccc2cc(-c3ccc(C(=O)O)cn3)[nH]c12. The van der Waals surface area contributed by atoms with Crippen molar-refractivity contribution >= 4 is 16.9 Å². The van der Waals surface area contributed by atoms with Crippen LogP contribution in [0.5, 0.6) is 0 Å². The van der Waals surface area contributed by atoms with Gasteiger partial charge in [-0.05, 0) is 30.7 Å². The highest BCUT2D eigenvalue weighted by Gasteiger charge is 2.08. The van der Waals surface area contributed by atoms with Gasteiger partial charge in [0.2, 0.25) is 0 Å². The number of nitrogens with zero attached hydrogens (tertiary/aromatic N) is 1. The second kappa shape index (κ2) is 4.24. The molecule has 0 unspecified atom stereocenters. The fourth-order valence-electron chi connectivity index (χ4n) is 2.13. The van der Waals surface area contributed by atoms with E-state index in [1.54, 1.807) is 12.1 Å². The van der Waals surface area contributed by atoms with Crippen LogP contribution in [0.3, 0.4) is 0 Å². The lowest BCUT2D eigenvalue weighted by atomic mass is 10.1. The number of aromatic carboxylic acids is 1. The van der Waals surface area contributed by atoms with Gasteiger partial charge in [-0.3, -0.25) is 4.98 Å². The van der Waals surface area contributed by atoms with E-state index >= 15 is 0 Å². The van der Waals surface area contributed by atoms with Gasteiger partial charge in [0.25, 0.3) is 0 Å². The standard InChI is InChI=1S/C15H12N2O2/c1-9-3-2-4-10-7-13(17-14(9)10)12-6-5-11(8-16-12)15(18)19/h2-8,17H,1H3,(H,18,19). The van der Waals surface area contributed by atoms with E-state index in [0.717, 1.165) is 22.3 Å². The van der Waals surface area contributed by atoms with Crippen LogP contribution >= 0.6 is 0 Å². The second-order valence-electron chi connectivity index (χ2n) is 4.46. The zero-order valence-corrected chi connectivity index (χ0v) is 10.3. The maximum atomic E-state index is 10.8. The predicted molar refractivity (Wildman–Crippen MR) is 73.2 cm³/mol. The highest BCUT2D eigenvalue weighted by Crippen LogP contribution is 2.24. The number of hydrogen-bond donors (Lipinski definition) is 2. The molecule has 0 saturated carbocycles. The van der Waals surface area contributed by atoms with E-state index in [1.807, 2.05) is 31.2 Å². The third-order valence-electron chi connectivity index (χ3n) is 3.15. The Morgan fingerprint density at radius 1 is 1.26 bits per heavy atom. The van der Waals surface area contributed by atoms with Crippen LogP contribution in [0.4, 0.5) is 0 Å². The molecule has 4 nitrogen and oxygen atoms in total. The number of hydrogen-bond acceptors (Lipinski definition) is 2. The highest BCUT2D eigenvalue weighted by atomic mass is 16.4. The molecule has 0 aliphatic heterocycles. The summed E-state index contributed by atoms with van der Waals surface area (Å²) < 4.78 is 0. The van der Waals surface area contributed by atoms with Gasteiger partial charge in [0.15, 0.2) is 0 Å². The van der Waals surface area contributed by atoms with Crippen LogP contribution in [0.15, 0.2) is 42.6 Å². The minimum atomic E-state index is -0.966. The maximum Gasteiger partial charge on any atom is 0.337 e. The van der Waals surface area contributed by atoms with Crippen molar-refractivity contribution in [1.29, 1.82) is 0 Å². The Kier molecular flexibility index (Phi) is 2.56. The number of nitrogens with one attached hydrogen (secondary N) is 1. The van der Waals surface area contributed by atoms with Crippen molar-refractivity contribution < 1.29 is 9.90 Å². The minimum Gasteiger partial charge on any atom is -0.478 e. The zero-order valence-electron chi connectivity index (χ0n) is 10.3. The average Bonchev–Trinajstić information content (AvgIpc) is 2.84. The van der Waals surface area contributed by atoms with Gasteiger partial charge in [-0.1, -0.05) is 18.2 Å². The zero-order chi connectivity index (χ0) is 13.4. The molecule has 2 heterocycles. The molecule has 3 rings (SSSR count). The molecule has 0 aliphatic rings. The summed E-state index contributed by atoms with van der Waals surface area (Å²) in [5, 5.41) is 9.97. The van der Waals surface area contributed by atoms with Crippen molar-refractivity contribution in [2.75, 3.05) is 0 Å². The molecule has 19 heavy (non-hydrogen) atoms. The van der Waals surface area contributed by atoms with Gasteiger partial charge in [0, 0.05) is 17.1 Å². The molecule has 0 saturated heterocycles. The van der Waals surface area contributed by atoms with Crippen LogP contribution < -0.4 is 0 Å². The normalized spacial score (nSPS) is 10.8. The van der Waals surface area contributed by atoms with Gasteiger partial charge in [-0.25, -0.2) is 4.79 Å². The third-order valence-corrected chi connectivity index (χ3v) is 3.15. The molecule has 2 N–H and O–H groups in total.